The highest BCUT2D eigenvalue weighted by molar-refractivity contribution is 6.25. The third-order valence-corrected chi connectivity index (χ3v) is 19.5. The third-order valence-electron chi connectivity index (χ3n) is 19.5. The third kappa shape index (κ3) is 14.1. The predicted octanol–water partition coefficient (Wildman–Crippen LogP) is 27.3. The molecule has 1 aliphatic carbocycles. The first-order chi connectivity index (χ1) is 50.8. The van der Waals surface area contributed by atoms with Crippen molar-refractivity contribution >= 4 is 121 Å². The van der Waals surface area contributed by atoms with E-state index in [4.69, 9.17) is 0 Å². The average molecular weight is 1320 g/mol. The molecule has 20 rings (SSSR count). The highest BCUT2D eigenvalue weighted by atomic mass is 15.1. The van der Waals surface area contributed by atoms with Gasteiger partial charge in [-0.1, -0.05) is 329 Å². The second-order valence-corrected chi connectivity index (χ2v) is 26.2. The highest BCUT2D eigenvalue weighted by Crippen LogP contribution is 2.48. The van der Waals surface area contributed by atoms with Crippen LogP contribution in [0.5, 0.6) is 0 Å². The Hall–Kier alpha value is -13.2. The maximum Gasteiger partial charge on any atom is 0.0709 e. The summed E-state index contributed by atoms with van der Waals surface area (Å²) in [7, 11) is 2.12. The molecule has 19 aromatic rings. The number of nitrogens with zero attached hydrogens (tertiary/aromatic N) is 4. The van der Waals surface area contributed by atoms with Crippen LogP contribution in [0.1, 0.15) is 25.0 Å². The molecule has 0 fully saturated rings. The Balaban J connectivity index is 0.000000101. The summed E-state index contributed by atoms with van der Waals surface area (Å²) >= 11 is 0. The summed E-state index contributed by atoms with van der Waals surface area (Å²) in [6.07, 6.45) is 0. The van der Waals surface area contributed by atoms with Crippen LogP contribution in [0.4, 0.5) is 34.1 Å². The van der Waals surface area contributed by atoms with Gasteiger partial charge in [0.1, 0.15) is 0 Å². The molecular formula is C99H78N4. The number of hydrogen-bond acceptors (Lipinski definition) is 3. The molecule has 494 valence electrons. The molecule has 0 amide bonds. The lowest BCUT2D eigenvalue weighted by atomic mass is 9.82. The minimum atomic E-state index is 0.160. The molecule has 1 aliphatic rings. The number of hydrogen-bond donors (Lipinski definition) is 0. The van der Waals surface area contributed by atoms with Gasteiger partial charge in [0.05, 0.1) is 11.0 Å². The summed E-state index contributed by atoms with van der Waals surface area (Å²) < 4.78 is 2.24. The lowest BCUT2D eigenvalue weighted by Crippen LogP contribution is -2.14. The summed E-state index contributed by atoms with van der Waals surface area (Å²) in [4.78, 5) is 9.11. The predicted molar refractivity (Wildman–Crippen MR) is 442 cm³/mol. The lowest BCUT2D eigenvalue weighted by Gasteiger charge is -2.25. The molecule has 0 unspecified atom stereocenters. The Morgan fingerprint density at radius 1 is 0.223 bits per heavy atom. The van der Waals surface area contributed by atoms with E-state index in [1.54, 1.807) is 0 Å². The van der Waals surface area contributed by atoms with Crippen LogP contribution in [-0.2, 0) is 12.5 Å². The van der Waals surface area contributed by atoms with E-state index in [-0.39, 0.29) is 5.41 Å². The Labute approximate surface area is 603 Å². The van der Waals surface area contributed by atoms with Crippen molar-refractivity contribution < 1.29 is 0 Å². The summed E-state index contributed by atoms with van der Waals surface area (Å²) in [5, 5.41) is 15.6. The Morgan fingerprint density at radius 2 is 0.495 bits per heavy atom. The van der Waals surface area contributed by atoms with Crippen LogP contribution in [-0.4, -0.2) is 9.55 Å². The Bertz CT molecular complexity index is 5490. The van der Waals surface area contributed by atoms with E-state index in [1.165, 1.54) is 121 Å². The minimum Gasteiger partial charge on any atom is -0.344 e. The van der Waals surface area contributed by atoms with E-state index < -0.39 is 0 Å². The molecule has 0 N–H and O–H groups in total. The van der Waals surface area contributed by atoms with E-state index in [0.29, 0.717) is 0 Å². The van der Waals surface area contributed by atoms with Crippen LogP contribution in [0.3, 0.4) is 0 Å². The average Bonchev–Trinajstić information content (AvgIpc) is 1.64. The number of benzene rings is 17. The number of aryl methyl sites for hydroxylation is 1. The molecule has 4 heteroatoms. The number of rotatable bonds is 6. The SMILES string of the molecule is CC1(C)c2ccccc2-c2ccccc21.Cn1c2ccccc2c2ccccc21.c1ccc(N(c2ccccc2)c2ccc3ccccc3c2)cc1.c1ccc(N(c2ccccc2)c2ccccc2)cc1.c1ccc2c(c1)c1ccccc1c1ccccc21.c1ccc2nc3ccccc3cc2c1. The topological polar surface area (TPSA) is 24.3 Å². The Morgan fingerprint density at radius 3 is 0.864 bits per heavy atom. The van der Waals surface area contributed by atoms with Crippen molar-refractivity contribution in [1.82, 2.24) is 9.55 Å². The fourth-order valence-corrected chi connectivity index (χ4v) is 14.5. The Kier molecular flexibility index (Phi) is 19.5. The van der Waals surface area contributed by atoms with Gasteiger partial charge in [-0.15, -0.1) is 0 Å². The maximum atomic E-state index is 4.58. The molecule has 2 aromatic heterocycles. The van der Waals surface area contributed by atoms with Gasteiger partial charge < -0.3 is 14.4 Å². The second-order valence-electron chi connectivity index (χ2n) is 26.2. The van der Waals surface area contributed by atoms with Crippen molar-refractivity contribution in [3.05, 3.63) is 430 Å². The zero-order valence-electron chi connectivity index (χ0n) is 58.1. The van der Waals surface area contributed by atoms with Gasteiger partial charge in [-0.25, -0.2) is 4.98 Å². The van der Waals surface area contributed by atoms with Crippen molar-refractivity contribution in [2.24, 2.45) is 7.05 Å². The zero-order chi connectivity index (χ0) is 69.7. The van der Waals surface area contributed by atoms with Gasteiger partial charge in [0.15, 0.2) is 0 Å². The molecule has 0 spiro atoms. The fraction of sp³-hybridized carbons (Fsp3) is 0.0404. The van der Waals surface area contributed by atoms with E-state index in [0.717, 1.165) is 22.4 Å². The van der Waals surface area contributed by atoms with Crippen LogP contribution in [0.25, 0.3) is 97.8 Å². The number of aromatic nitrogens is 2. The summed E-state index contributed by atoms with van der Waals surface area (Å²) in [5.41, 5.74) is 17.6. The van der Waals surface area contributed by atoms with Crippen LogP contribution in [0.15, 0.2) is 419 Å². The number of anilines is 6. The van der Waals surface area contributed by atoms with Gasteiger partial charge >= 0.3 is 0 Å². The quantitative estimate of drug-likeness (QED) is 0.122. The smallest absolute Gasteiger partial charge is 0.0709 e. The number of fused-ring (bicyclic) bond motifs is 15. The molecular weight excluding hydrogens is 1250 g/mol. The molecule has 0 bridgehead atoms. The largest absolute Gasteiger partial charge is 0.344 e. The van der Waals surface area contributed by atoms with Gasteiger partial charge in [0.2, 0.25) is 0 Å². The van der Waals surface area contributed by atoms with Gasteiger partial charge in [0, 0.05) is 79.2 Å². The molecule has 0 saturated carbocycles. The van der Waals surface area contributed by atoms with Gasteiger partial charge in [-0.2, -0.15) is 0 Å². The number of pyridine rings is 1. The first kappa shape index (κ1) is 65.8. The van der Waals surface area contributed by atoms with Crippen LogP contribution in [0.2, 0.25) is 0 Å². The fourth-order valence-electron chi connectivity index (χ4n) is 14.5. The molecule has 0 saturated heterocycles. The molecule has 0 aliphatic heterocycles. The van der Waals surface area contributed by atoms with Gasteiger partial charge in [-0.05, 0) is 168 Å². The van der Waals surface area contributed by atoms with E-state index in [2.05, 4.69) is 392 Å². The molecule has 4 nitrogen and oxygen atoms in total. The summed E-state index contributed by atoms with van der Waals surface area (Å²) in [6.45, 7) is 4.61. The van der Waals surface area contributed by atoms with Crippen LogP contribution < -0.4 is 9.80 Å². The monoisotopic (exact) mass is 1320 g/mol. The van der Waals surface area contributed by atoms with Gasteiger partial charge in [-0.3, -0.25) is 0 Å². The summed E-state index contributed by atoms with van der Waals surface area (Å²) in [5.74, 6) is 0. The van der Waals surface area contributed by atoms with E-state index in [1.807, 2.05) is 66.7 Å². The summed E-state index contributed by atoms with van der Waals surface area (Å²) in [6, 6.07) is 146. The highest BCUT2D eigenvalue weighted by Gasteiger charge is 2.34. The van der Waals surface area contributed by atoms with E-state index >= 15 is 0 Å². The molecule has 0 atom stereocenters. The first-order valence-electron chi connectivity index (χ1n) is 35.3. The molecule has 0 radical (unpaired) electrons. The molecule has 103 heavy (non-hydrogen) atoms. The van der Waals surface area contributed by atoms with Crippen LogP contribution in [0, 0.1) is 0 Å². The molecule has 2 heterocycles. The van der Waals surface area contributed by atoms with Crippen LogP contribution >= 0.6 is 0 Å². The normalized spacial score (nSPS) is 11.5. The van der Waals surface area contributed by atoms with Crippen molar-refractivity contribution in [3.63, 3.8) is 0 Å². The van der Waals surface area contributed by atoms with Crippen molar-refractivity contribution in [1.29, 1.82) is 0 Å². The maximum absolute atomic E-state index is 4.58. The van der Waals surface area contributed by atoms with Crippen molar-refractivity contribution in [2.75, 3.05) is 9.80 Å². The molecule has 17 aromatic carbocycles. The van der Waals surface area contributed by atoms with Crippen molar-refractivity contribution in [2.45, 2.75) is 19.3 Å². The lowest BCUT2D eigenvalue weighted by molar-refractivity contribution is 0.660. The van der Waals surface area contributed by atoms with Crippen molar-refractivity contribution in [3.8, 4) is 11.1 Å². The second kappa shape index (κ2) is 30.5. The first-order valence-corrected chi connectivity index (χ1v) is 35.3. The van der Waals surface area contributed by atoms with Gasteiger partial charge in [0.25, 0.3) is 0 Å². The number of para-hydroxylation sites is 9. The van der Waals surface area contributed by atoms with E-state index in [9.17, 15) is 0 Å². The minimum absolute atomic E-state index is 0.160. The standard InChI is InChI=1S/C22H17N.C18H15N.C18H12.C15H14.C13H11N.C13H9N/c1-3-11-20(12-4-1)23(21-13-5-2-6-14-21)22-16-15-18-9-7-8-10-19(18)17-22;1-4-10-16(11-5-1)19(17-12-6-2-7-13-17)18-14-8-3-9-15-18;1-2-8-14-13(7-1)15-9-3-4-11-17(15)18-12-6-5-10-16(14)18;1-15(2)13-9-5-3-7-11(13)12-8-4-6-10-14(12)15;1-14-12-8-4-2-6-10(12)11-7-3-5-9-13(11)14;1-3-7-12-10(5-1)9-11-6-2-4-8-13(11)14-12/h1-17H;1-15H;1-12H;3-10H,1-2H3;2-9H,1H3;1-9H. The zero-order valence-corrected chi connectivity index (χ0v) is 58.1.